The summed E-state index contributed by atoms with van der Waals surface area (Å²) in [4.78, 5) is 75.8. The summed E-state index contributed by atoms with van der Waals surface area (Å²) in [6, 6.07) is 16.6. The molecular weight excluding hydrogens is 739 g/mol. The molecule has 2 aromatic carbocycles. The number of methoxy groups -OCH3 is 2. The summed E-state index contributed by atoms with van der Waals surface area (Å²) in [5.74, 6) is 0.892. The topological polar surface area (TPSA) is 188 Å². The number of hydrogen-bond donors (Lipinski definition) is 4. The number of benzene rings is 2. The van der Waals surface area contributed by atoms with Crippen molar-refractivity contribution in [3.63, 3.8) is 0 Å². The van der Waals surface area contributed by atoms with E-state index < -0.39 is 24.3 Å². The van der Waals surface area contributed by atoms with E-state index in [9.17, 15) is 19.2 Å². The predicted molar refractivity (Wildman–Crippen MR) is 218 cm³/mol. The molecular formula is C43H51N9O6. The lowest BCUT2D eigenvalue weighted by atomic mass is 10.0. The lowest BCUT2D eigenvalue weighted by molar-refractivity contribution is -0.136. The second kappa shape index (κ2) is 17.1. The number of ether oxygens (including phenoxy) is 2. The minimum Gasteiger partial charge on any atom is -0.453 e. The molecule has 2 aliphatic rings. The molecule has 15 heteroatoms. The molecule has 0 aliphatic carbocycles. The number of hydrogen-bond acceptors (Lipinski definition) is 9. The number of likely N-dealkylation sites (tertiary alicyclic amines) is 2. The molecule has 3 aromatic heterocycles. The number of H-pyrrole nitrogens is 2. The van der Waals surface area contributed by atoms with Crippen LogP contribution in [-0.2, 0) is 19.1 Å². The number of aromatic nitrogens is 5. The Kier molecular flexibility index (Phi) is 11.8. The second-order valence-electron chi connectivity index (χ2n) is 15.6. The molecule has 0 bridgehead atoms. The van der Waals surface area contributed by atoms with E-state index in [1.165, 1.54) is 14.2 Å². The van der Waals surface area contributed by atoms with Gasteiger partial charge in [0.2, 0.25) is 11.8 Å². The fourth-order valence-electron chi connectivity index (χ4n) is 7.97. The highest BCUT2D eigenvalue weighted by atomic mass is 16.5. The van der Waals surface area contributed by atoms with Crippen LogP contribution in [0.25, 0.3) is 44.7 Å². The van der Waals surface area contributed by atoms with Gasteiger partial charge in [-0.1, -0.05) is 64.1 Å². The van der Waals surface area contributed by atoms with Gasteiger partial charge in [0, 0.05) is 18.5 Å². The van der Waals surface area contributed by atoms with Gasteiger partial charge in [0.25, 0.3) is 0 Å². The SMILES string of the molecule is COC(=O)N[C@H](C(=O)N1CCC[C@H]1c1ncc(-c2ccc3cc(-c4ccc(-c5cnc([C@H]6CCCN6C(=O)[C@H](NC(=O)OC)C(C)C)[nH]5)cc4)ccc3n2)[nH]1)C(C)C. The van der Waals surface area contributed by atoms with Gasteiger partial charge < -0.3 is 39.9 Å². The third-order valence-corrected chi connectivity index (χ3v) is 11.2. The third-order valence-electron chi connectivity index (χ3n) is 11.2. The molecule has 58 heavy (non-hydrogen) atoms. The molecule has 5 heterocycles. The fourth-order valence-corrected chi connectivity index (χ4v) is 7.97. The van der Waals surface area contributed by atoms with Gasteiger partial charge in [-0.25, -0.2) is 24.5 Å². The Morgan fingerprint density at radius 3 is 1.71 bits per heavy atom. The van der Waals surface area contributed by atoms with Gasteiger partial charge in [-0.3, -0.25) is 9.59 Å². The molecule has 0 spiro atoms. The number of imidazole rings is 2. The number of alkyl carbamates (subject to hydrolysis) is 2. The van der Waals surface area contributed by atoms with Gasteiger partial charge in [0.05, 0.1) is 61.3 Å². The van der Waals surface area contributed by atoms with Crippen molar-refractivity contribution in [1.29, 1.82) is 0 Å². The fraction of sp³-hybridized carbons (Fsp3) is 0.419. The molecule has 7 rings (SSSR count). The summed E-state index contributed by atoms with van der Waals surface area (Å²) in [5.41, 5.74) is 6.27. The van der Waals surface area contributed by atoms with E-state index in [0.717, 1.165) is 76.2 Å². The lowest BCUT2D eigenvalue weighted by Crippen LogP contribution is -2.51. The summed E-state index contributed by atoms with van der Waals surface area (Å²) >= 11 is 0. The van der Waals surface area contributed by atoms with Crippen molar-refractivity contribution in [2.75, 3.05) is 27.3 Å². The van der Waals surface area contributed by atoms with Crippen molar-refractivity contribution in [2.45, 2.75) is 77.5 Å². The average Bonchev–Trinajstić information content (AvgIpc) is 4.07. The van der Waals surface area contributed by atoms with Crippen LogP contribution in [-0.4, -0.2) is 98.1 Å². The smallest absolute Gasteiger partial charge is 0.407 e. The number of fused-ring (bicyclic) bond motifs is 1. The van der Waals surface area contributed by atoms with E-state index in [4.69, 9.17) is 14.5 Å². The van der Waals surface area contributed by atoms with Crippen LogP contribution in [0.15, 0.2) is 67.0 Å². The zero-order chi connectivity index (χ0) is 41.1. The molecule has 4 atom stereocenters. The number of pyridine rings is 1. The van der Waals surface area contributed by atoms with Crippen LogP contribution in [0.3, 0.4) is 0 Å². The maximum Gasteiger partial charge on any atom is 0.407 e. The average molecular weight is 790 g/mol. The standard InChI is InChI=1S/C43H51N9O6/c1-24(2)36(49-42(55)57-5)40(53)51-19-7-9-34(51)38-44-22-32(47-38)27-13-11-26(12-14-27)28-15-17-30-29(21-28)16-18-31(46-30)33-23-45-39(48-33)35-10-8-20-52(35)41(54)37(25(3)4)50-43(56)58-6/h11-18,21-25,34-37H,7-10,19-20H2,1-6H3,(H,44,47)(H,45,48)(H,49,55)(H,50,56)/t34-,35+,36-,37+/m1/s1. The van der Waals surface area contributed by atoms with E-state index in [0.29, 0.717) is 18.9 Å². The molecule has 2 saturated heterocycles. The molecule has 4 N–H and O–H groups in total. The van der Waals surface area contributed by atoms with Gasteiger partial charge in [-0.2, -0.15) is 0 Å². The van der Waals surface area contributed by atoms with Gasteiger partial charge in [-0.05, 0) is 72.4 Å². The van der Waals surface area contributed by atoms with Gasteiger partial charge in [-0.15, -0.1) is 0 Å². The van der Waals surface area contributed by atoms with Crippen LogP contribution in [0.5, 0.6) is 0 Å². The van der Waals surface area contributed by atoms with Gasteiger partial charge in [0.1, 0.15) is 23.7 Å². The maximum atomic E-state index is 13.6. The molecule has 0 saturated carbocycles. The van der Waals surface area contributed by atoms with E-state index in [-0.39, 0.29) is 35.7 Å². The molecule has 0 unspecified atom stereocenters. The van der Waals surface area contributed by atoms with E-state index in [1.54, 1.807) is 22.2 Å². The summed E-state index contributed by atoms with van der Waals surface area (Å²) < 4.78 is 9.52. The second-order valence-corrected chi connectivity index (χ2v) is 15.6. The largest absolute Gasteiger partial charge is 0.453 e. The zero-order valence-electron chi connectivity index (χ0n) is 33.7. The molecule has 2 aliphatic heterocycles. The molecule has 304 valence electrons. The first kappa shape index (κ1) is 40.0. The number of amides is 4. The number of rotatable bonds is 11. The summed E-state index contributed by atoms with van der Waals surface area (Å²) in [6.45, 7) is 8.76. The monoisotopic (exact) mass is 789 g/mol. The Balaban J connectivity index is 1.02. The first-order valence-corrected chi connectivity index (χ1v) is 19.9. The highest BCUT2D eigenvalue weighted by Crippen LogP contribution is 2.35. The number of carbonyl (C=O) groups excluding carboxylic acids is 4. The minimum absolute atomic E-state index is 0.107. The quantitative estimate of drug-likeness (QED) is 0.112. The molecule has 5 aromatic rings. The van der Waals surface area contributed by atoms with Crippen molar-refractivity contribution in [1.82, 2.24) is 45.4 Å². The Labute approximate surface area is 337 Å². The predicted octanol–water partition coefficient (Wildman–Crippen LogP) is 6.77. The Morgan fingerprint density at radius 2 is 1.17 bits per heavy atom. The number of nitrogens with one attached hydrogen (secondary N) is 4. The Morgan fingerprint density at radius 1 is 0.672 bits per heavy atom. The van der Waals surface area contributed by atoms with Crippen LogP contribution in [0, 0.1) is 11.8 Å². The first-order valence-electron chi connectivity index (χ1n) is 19.9. The lowest BCUT2D eigenvalue weighted by Gasteiger charge is -2.30. The van der Waals surface area contributed by atoms with Crippen LogP contribution < -0.4 is 10.6 Å². The van der Waals surface area contributed by atoms with E-state index in [2.05, 4.69) is 67.0 Å². The van der Waals surface area contributed by atoms with Gasteiger partial charge >= 0.3 is 12.2 Å². The van der Waals surface area contributed by atoms with Crippen LogP contribution in [0.4, 0.5) is 9.59 Å². The number of aromatic amines is 2. The summed E-state index contributed by atoms with van der Waals surface area (Å²) in [5, 5.41) is 6.38. The Bertz CT molecular complexity index is 2280. The van der Waals surface area contributed by atoms with E-state index in [1.807, 2.05) is 45.9 Å². The third kappa shape index (κ3) is 8.25. The van der Waals surface area contributed by atoms with Crippen molar-refractivity contribution in [2.24, 2.45) is 11.8 Å². The van der Waals surface area contributed by atoms with Crippen LogP contribution in [0.2, 0.25) is 0 Å². The maximum absolute atomic E-state index is 13.6. The highest BCUT2D eigenvalue weighted by Gasteiger charge is 2.39. The molecule has 2 fully saturated rings. The molecule has 0 radical (unpaired) electrons. The van der Waals surface area contributed by atoms with Crippen molar-refractivity contribution < 1.29 is 28.7 Å². The van der Waals surface area contributed by atoms with Crippen molar-refractivity contribution in [3.05, 3.63) is 78.6 Å². The highest BCUT2D eigenvalue weighted by molar-refractivity contribution is 5.88. The normalized spacial score (nSPS) is 17.8. The van der Waals surface area contributed by atoms with Crippen molar-refractivity contribution >= 4 is 34.9 Å². The van der Waals surface area contributed by atoms with Crippen LogP contribution >= 0.6 is 0 Å². The number of nitrogens with zero attached hydrogens (tertiary/aromatic N) is 5. The minimum atomic E-state index is -0.700. The zero-order valence-corrected chi connectivity index (χ0v) is 33.7. The van der Waals surface area contributed by atoms with Crippen LogP contribution in [0.1, 0.15) is 77.1 Å². The first-order chi connectivity index (χ1) is 27.9. The summed E-state index contributed by atoms with van der Waals surface area (Å²) in [7, 11) is 2.58. The van der Waals surface area contributed by atoms with E-state index >= 15 is 0 Å². The van der Waals surface area contributed by atoms with Crippen molar-refractivity contribution in [3.8, 4) is 33.8 Å². The molecule has 4 amide bonds. The summed E-state index contributed by atoms with van der Waals surface area (Å²) in [6.07, 6.45) is 5.52. The van der Waals surface area contributed by atoms with Gasteiger partial charge in [0.15, 0.2) is 0 Å². The number of carbonyl (C=O) groups is 4. The Hall–Kier alpha value is -6.25. The molecule has 15 nitrogen and oxygen atoms in total.